The lowest BCUT2D eigenvalue weighted by atomic mass is 9.82. The van der Waals surface area contributed by atoms with E-state index in [1.165, 1.54) is 11.8 Å². The first-order valence-corrected chi connectivity index (χ1v) is 13.4. The predicted molar refractivity (Wildman–Crippen MR) is 148 cm³/mol. The number of esters is 1. The van der Waals surface area contributed by atoms with Gasteiger partial charge in [-0.15, -0.1) is 0 Å². The molecule has 39 heavy (non-hydrogen) atoms. The van der Waals surface area contributed by atoms with Crippen molar-refractivity contribution in [2.75, 3.05) is 12.4 Å². The second-order valence-electron chi connectivity index (χ2n) is 8.97. The number of nitrogens with two attached hydrogens (primary N) is 1. The highest BCUT2D eigenvalue weighted by molar-refractivity contribution is 7.99. The lowest BCUT2D eigenvalue weighted by molar-refractivity contribution is -0.139. The van der Waals surface area contributed by atoms with Gasteiger partial charge in [0.05, 0.1) is 40.8 Å². The van der Waals surface area contributed by atoms with E-state index < -0.39 is 11.9 Å². The van der Waals surface area contributed by atoms with Gasteiger partial charge >= 0.3 is 5.97 Å². The molecule has 1 aliphatic heterocycles. The molecule has 1 aliphatic rings. The first kappa shape index (κ1) is 27.4. The van der Waals surface area contributed by atoms with Crippen molar-refractivity contribution >= 4 is 17.7 Å². The number of carbonyl (C=O) groups is 1. The fourth-order valence-electron chi connectivity index (χ4n) is 4.19. The van der Waals surface area contributed by atoms with Gasteiger partial charge in [0, 0.05) is 6.20 Å². The van der Waals surface area contributed by atoms with Crippen molar-refractivity contribution in [3.05, 3.63) is 100 Å². The van der Waals surface area contributed by atoms with E-state index in [1.54, 1.807) is 25.3 Å². The van der Waals surface area contributed by atoms with Crippen molar-refractivity contribution in [2.45, 2.75) is 37.6 Å². The summed E-state index contributed by atoms with van der Waals surface area (Å²) in [6.07, 6.45) is 1.67. The number of hydrogen-bond donors (Lipinski definition) is 1. The molecule has 0 amide bonds. The Morgan fingerprint density at radius 3 is 2.49 bits per heavy atom. The largest absolute Gasteiger partial charge is 0.463 e. The van der Waals surface area contributed by atoms with E-state index in [0.717, 1.165) is 11.1 Å². The van der Waals surface area contributed by atoms with Crippen LogP contribution in [0.4, 0.5) is 0 Å². The number of thioether (sulfide) groups is 1. The van der Waals surface area contributed by atoms with Gasteiger partial charge in [-0.25, -0.2) is 9.78 Å². The summed E-state index contributed by atoms with van der Waals surface area (Å²) in [5.41, 5.74) is 10.0. The predicted octanol–water partition coefficient (Wildman–Crippen LogP) is 5.56. The van der Waals surface area contributed by atoms with Crippen molar-refractivity contribution < 1.29 is 14.3 Å². The zero-order valence-electron chi connectivity index (χ0n) is 21.8. The molecule has 8 nitrogen and oxygen atoms in total. The van der Waals surface area contributed by atoms with Gasteiger partial charge in [0.15, 0.2) is 0 Å². The number of carbonyl (C=O) groups excluding carboxylic acids is 1. The average Bonchev–Trinajstić information content (AvgIpc) is 2.96. The van der Waals surface area contributed by atoms with Crippen molar-refractivity contribution in [1.29, 1.82) is 10.5 Å². The van der Waals surface area contributed by atoms with Crippen LogP contribution in [0.2, 0.25) is 0 Å². The molecule has 3 aromatic rings. The number of aromatic nitrogens is 2. The Labute approximate surface area is 231 Å². The van der Waals surface area contributed by atoms with E-state index in [1.807, 2.05) is 42.5 Å². The smallest absolute Gasteiger partial charge is 0.338 e. The Bertz CT molecular complexity index is 1520. The Kier molecular flexibility index (Phi) is 8.65. The summed E-state index contributed by atoms with van der Waals surface area (Å²) in [6.45, 7) is 6.04. The van der Waals surface area contributed by atoms with E-state index in [2.05, 4.69) is 36.0 Å². The number of rotatable bonds is 8. The molecule has 9 heteroatoms. The summed E-state index contributed by atoms with van der Waals surface area (Å²) in [5.74, 6) is -0.733. The SMILES string of the molecule is CCOC(=O)C1=C(CSc2nc(-c3ccccn3)ccc2C#N)OC(N)=C(C#N)C1c1ccc(C(C)C)cc1. The van der Waals surface area contributed by atoms with Crippen LogP contribution < -0.4 is 5.73 Å². The van der Waals surface area contributed by atoms with Crippen LogP contribution >= 0.6 is 11.8 Å². The van der Waals surface area contributed by atoms with Gasteiger partial charge < -0.3 is 15.2 Å². The zero-order valence-corrected chi connectivity index (χ0v) is 22.7. The minimum Gasteiger partial charge on any atom is -0.463 e. The Hall–Kier alpha value is -4.60. The quantitative estimate of drug-likeness (QED) is 0.289. The fraction of sp³-hybridized carbons (Fsp3) is 0.233. The van der Waals surface area contributed by atoms with Crippen molar-refractivity contribution in [3.63, 3.8) is 0 Å². The summed E-state index contributed by atoms with van der Waals surface area (Å²) in [7, 11) is 0. The third-order valence-electron chi connectivity index (χ3n) is 6.18. The zero-order chi connectivity index (χ0) is 27.9. The molecule has 1 unspecified atom stereocenters. The van der Waals surface area contributed by atoms with Crippen molar-refractivity contribution in [1.82, 2.24) is 9.97 Å². The normalized spacial score (nSPS) is 15.0. The Morgan fingerprint density at radius 2 is 1.87 bits per heavy atom. The van der Waals surface area contributed by atoms with Gasteiger partial charge in [-0.05, 0) is 48.2 Å². The van der Waals surface area contributed by atoms with Gasteiger partial charge in [-0.1, -0.05) is 55.9 Å². The summed E-state index contributed by atoms with van der Waals surface area (Å²) in [6, 6.07) is 20.9. The summed E-state index contributed by atoms with van der Waals surface area (Å²) >= 11 is 1.23. The van der Waals surface area contributed by atoms with Gasteiger partial charge in [0.2, 0.25) is 5.88 Å². The molecular weight excluding hydrogens is 510 g/mol. The van der Waals surface area contributed by atoms with Crippen LogP contribution in [0.25, 0.3) is 11.4 Å². The monoisotopic (exact) mass is 537 g/mol. The van der Waals surface area contributed by atoms with E-state index in [-0.39, 0.29) is 35.1 Å². The molecule has 0 bridgehead atoms. The maximum atomic E-state index is 13.3. The molecule has 0 saturated heterocycles. The second kappa shape index (κ2) is 12.3. The van der Waals surface area contributed by atoms with Crippen LogP contribution in [-0.4, -0.2) is 28.3 Å². The molecule has 3 heterocycles. The molecule has 0 saturated carbocycles. The van der Waals surface area contributed by atoms with Gasteiger partial charge in [0.25, 0.3) is 0 Å². The number of allylic oxidation sites excluding steroid dienone is 1. The van der Waals surface area contributed by atoms with Crippen LogP contribution in [0.3, 0.4) is 0 Å². The summed E-state index contributed by atoms with van der Waals surface area (Å²) < 4.78 is 11.3. The number of nitrogens with zero attached hydrogens (tertiary/aromatic N) is 4. The van der Waals surface area contributed by atoms with Gasteiger partial charge in [-0.2, -0.15) is 10.5 Å². The maximum Gasteiger partial charge on any atom is 0.338 e. The molecule has 0 spiro atoms. The molecule has 196 valence electrons. The minimum absolute atomic E-state index is 0.0743. The summed E-state index contributed by atoms with van der Waals surface area (Å²) in [4.78, 5) is 22.3. The van der Waals surface area contributed by atoms with Crippen LogP contribution in [0, 0.1) is 22.7 Å². The first-order valence-electron chi connectivity index (χ1n) is 12.4. The highest BCUT2D eigenvalue weighted by Crippen LogP contribution is 2.41. The average molecular weight is 538 g/mol. The number of nitriles is 2. The number of pyridine rings is 2. The minimum atomic E-state index is -0.761. The van der Waals surface area contributed by atoms with Crippen molar-refractivity contribution in [2.24, 2.45) is 5.73 Å². The van der Waals surface area contributed by atoms with E-state index >= 15 is 0 Å². The van der Waals surface area contributed by atoms with Crippen LogP contribution in [0.5, 0.6) is 0 Å². The third kappa shape index (κ3) is 5.95. The fourth-order valence-corrected chi connectivity index (χ4v) is 5.11. The molecule has 0 radical (unpaired) electrons. The van der Waals surface area contributed by atoms with Gasteiger partial charge in [-0.3, -0.25) is 4.98 Å². The summed E-state index contributed by atoms with van der Waals surface area (Å²) in [5, 5.41) is 20.1. The van der Waals surface area contributed by atoms with Crippen LogP contribution in [0.15, 0.2) is 88.6 Å². The Balaban J connectivity index is 1.76. The Morgan fingerprint density at radius 1 is 1.10 bits per heavy atom. The standard InChI is InChI=1S/C30H27N5O3S/c1-4-37-30(36)27-25(17-39-29-21(15-31)12-13-24(35-29)23-7-5-6-14-34-23)38-28(33)22(16-32)26(27)20-10-8-19(9-11-20)18(2)3/h5-14,18,26H,4,17,33H2,1-3H3. The second-order valence-corrected chi connectivity index (χ2v) is 9.93. The molecule has 0 aliphatic carbocycles. The molecule has 1 atom stereocenters. The molecule has 4 rings (SSSR count). The number of ether oxygens (including phenoxy) is 2. The van der Waals surface area contributed by atoms with Crippen molar-refractivity contribution in [3.8, 4) is 23.5 Å². The maximum absolute atomic E-state index is 13.3. The lowest BCUT2D eigenvalue weighted by Gasteiger charge is -2.28. The first-order chi connectivity index (χ1) is 18.9. The molecule has 1 aromatic carbocycles. The highest BCUT2D eigenvalue weighted by Gasteiger charge is 2.37. The van der Waals surface area contributed by atoms with E-state index in [9.17, 15) is 15.3 Å². The number of benzene rings is 1. The lowest BCUT2D eigenvalue weighted by Crippen LogP contribution is -2.27. The molecule has 2 aromatic heterocycles. The van der Waals surface area contributed by atoms with Gasteiger partial charge in [0.1, 0.15) is 28.5 Å². The van der Waals surface area contributed by atoms with E-state index in [0.29, 0.717) is 27.9 Å². The molecular formula is C30H27N5O3S. The van der Waals surface area contributed by atoms with Crippen LogP contribution in [0.1, 0.15) is 49.3 Å². The topological polar surface area (TPSA) is 135 Å². The molecule has 0 fully saturated rings. The third-order valence-corrected chi connectivity index (χ3v) is 7.17. The number of hydrogen-bond acceptors (Lipinski definition) is 9. The molecule has 2 N–H and O–H groups in total. The van der Waals surface area contributed by atoms with Crippen LogP contribution in [-0.2, 0) is 14.3 Å². The van der Waals surface area contributed by atoms with E-state index in [4.69, 9.17) is 15.2 Å². The highest BCUT2D eigenvalue weighted by atomic mass is 32.2.